The molecule has 9 nitrogen and oxygen atoms in total. The number of nitrogen functional groups attached to an aromatic ring is 1. The van der Waals surface area contributed by atoms with Crippen LogP contribution in [-0.4, -0.2) is 38.2 Å². The molecule has 2 aromatic heterocycles. The maximum absolute atomic E-state index is 12.0. The summed E-state index contributed by atoms with van der Waals surface area (Å²) in [7, 11) is 0. The number of nitrogens with zero attached hydrogens (tertiary/aromatic N) is 2. The number of hydrogen-bond donors (Lipinski definition) is 4. The van der Waals surface area contributed by atoms with Gasteiger partial charge in [-0.05, 0) is 31.2 Å². The van der Waals surface area contributed by atoms with Crippen LogP contribution in [0.3, 0.4) is 0 Å². The van der Waals surface area contributed by atoms with Gasteiger partial charge >= 0.3 is 0 Å². The zero-order valence-corrected chi connectivity index (χ0v) is 14.1. The number of hydrogen-bond acceptors (Lipinski definition) is 7. The van der Waals surface area contributed by atoms with Gasteiger partial charge in [-0.3, -0.25) is 14.6 Å². The van der Waals surface area contributed by atoms with E-state index in [2.05, 4.69) is 25.3 Å². The van der Waals surface area contributed by atoms with Crippen molar-refractivity contribution in [2.45, 2.75) is 12.1 Å². The Balaban J connectivity index is 1.60. The van der Waals surface area contributed by atoms with E-state index < -0.39 is 5.56 Å². The highest BCUT2D eigenvalue weighted by atomic mass is 32.2. The minimum absolute atomic E-state index is 0.00575. The standard InChI is InChI=1S/C15H16N6O3S/c1-2-24-9-5-3-8(4-6-9)17-10(22)7-25-15-18-11-12(20-15)19-14(16)21-13(11)23/h3-6H,2,7H2,1H3,(H,17,22)(H4,16,18,19,20,21,23). The number of amides is 1. The third-order valence-electron chi connectivity index (χ3n) is 3.15. The second-order valence-corrected chi connectivity index (χ2v) is 5.95. The minimum Gasteiger partial charge on any atom is -0.494 e. The van der Waals surface area contributed by atoms with Gasteiger partial charge in [0.2, 0.25) is 11.9 Å². The first-order valence-corrected chi connectivity index (χ1v) is 8.44. The molecule has 1 aromatic carbocycles. The summed E-state index contributed by atoms with van der Waals surface area (Å²) in [6, 6.07) is 7.10. The molecule has 2 heterocycles. The highest BCUT2D eigenvalue weighted by Crippen LogP contribution is 2.18. The highest BCUT2D eigenvalue weighted by molar-refractivity contribution is 7.99. The average molecular weight is 360 g/mol. The maximum atomic E-state index is 12.0. The first-order valence-electron chi connectivity index (χ1n) is 7.46. The Morgan fingerprint density at radius 3 is 2.76 bits per heavy atom. The fraction of sp³-hybridized carbons (Fsp3) is 0.200. The molecule has 25 heavy (non-hydrogen) atoms. The van der Waals surface area contributed by atoms with Crippen LogP contribution < -0.4 is 21.3 Å². The molecule has 0 aliphatic carbocycles. The lowest BCUT2D eigenvalue weighted by Crippen LogP contribution is -2.14. The molecule has 0 fully saturated rings. The van der Waals surface area contributed by atoms with E-state index in [1.54, 1.807) is 24.3 Å². The number of carbonyl (C=O) groups excluding carboxylic acids is 1. The molecule has 0 saturated carbocycles. The summed E-state index contributed by atoms with van der Waals surface area (Å²) in [6.07, 6.45) is 0. The zero-order valence-electron chi connectivity index (χ0n) is 13.3. The molecule has 1 amide bonds. The quantitative estimate of drug-likeness (QED) is 0.487. The van der Waals surface area contributed by atoms with E-state index in [0.717, 1.165) is 17.5 Å². The number of fused-ring (bicyclic) bond motifs is 1. The monoisotopic (exact) mass is 360 g/mol. The molecule has 0 aliphatic heterocycles. The molecule has 0 atom stereocenters. The van der Waals surface area contributed by atoms with Gasteiger partial charge in [-0.2, -0.15) is 4.98 Å². The van der Waals surface area contributed by atoms with Crippen molar-refractivity contribution in [3.63, 3.8) is 0 Å². The fourth-order valence-corrected chi connectivity index (χ4v) is 2.77. The molecule has 0 spiro atoms. The third-order valence-corrected chi connectivity index (χ3v) is 4.02. The Kier molecular flexibility index (Phi) is 4.89. The number of imidazole rings is 1. The van der Waals surface area contributed by atoms with Gasteiger partial charge in [-0.25, -0.2) is 4.98 Å². The Labute approximate surface area is 146 Å². The number of nitrogens with one attached hydrogen (secondary N) is 3. The number of anilines is 2. The van der Waals surface area contributed by atoms with Crippen molar-refractivity contribution in [3.8, 4) is 5.75 Å². The number of carbonyl (C=O) groups is 1. The highest BCUT2D eigenvalue weighted by Gasteiger charge is 2.11. The largest absolute Gasteiger partial charge is 0.494 e. The summed E-state index contributed by atoms with van der Waals surface area (Å²) >= 11 is 1.16. The third kappa shape index (κ3) is 4.10. The van der Waals surface area contributed by atoms with Crippen molar-refractivity contribution in [1.82, 2.24) is 19.9 Å². The van der Waals surface area contributed by atoms with E-state index >= 15 is 0 Å². The number of rotatable bonds is 6. The number of H-pyrrole nitrogens is 2. The van der Waals surface area contributed by atoms with Crippen LogP contribution in [0.1, 0.15) is 6.92 Å². The molecule has 0 bridgehead atoms. The Hall–Kier alpha value is -3.01. The Bertz CT molecular complexity index is 950. The summed E-state index contributed by atoms with van der Waals surface area (Å²) in [4.78, 5) is 37.0. The summed E-state index contributed by atoms with van der Waals surface area (Å²) in [5, 5.41) is 3.19. The van der Waals surface area contributed by atoms with Gasteiger partial charge in [-0.15, -0.1) is 0 Å². The zero-order chi connectivity index (χ0) is 17.8. The van der Waals surface area contributed by atoms with Crippen LogP contribution in [-0.2, 0) is 4.79 Å². The summed E-state index contributed by atoms with van der Waals surface area (Å²) < 4.78 is 5.35. The van der Waals surface area contributed by atoms with Crippen molar-refractivity contribution >= 4 is 40.5 Å². The van der Waals surface area contributed by atoms with E-state index in [-0.39, 0.29) is 28.8 Å². The van der Waals surface area contributed by atoms with Crippen molar-refractivity contribution in [2.75, 3.05) is 23.4 Å². The first kappa shape index (κ1) is 16.8. The molecule has 0 aliphatic rings. The second kappa shape index (κ2) is 7.26. The van der Waals surface area contributed by atoms with E-state index in [9.17, 15) is 9.59 Å². The van der Waals surface area contributed by atoms with E-state index in [4.69, 9.17) is 10.5 Å². The van der Waals surface area contributed by atoms with Crippen LogP contribution in [0.5, 0.6) is 5.75 Å². The van der Waals surface area contributed by atoms with Crippen LogP contribution in [0, 0.1) is 0 Å². The summed E-state index contributed by atoms with van der Waals surface area (Å²) in [6.45, 7) is 2.49. The van der Waals surface area contributed by atoms with E-state index in [1.165, 1.54) is 0 Å². The van der Waals surface area contributed by atoms with Crippen molar-refractivity contribution in [2.24, 2.45) is 0 Å². The molecule has 3 rings (SSSR count). The van der Waals surface area contributed by atoms with Crippen LogP contribution in [0.2, 0.25) is 0 Å². The summed E-state index contributed by atoms with van der Waals surface area (Å²) in [5.74, 6) is 0.666. The number of benzene rings is 1. The lowest BCUT2D eigenvalue weighted by atomic mass is 10.3. The lowest BCUT2D eigenvalue weighted by Gasteiger charge is -2.06. The molecule has 130 valence electrons. The fourth-order valence-electron chi connectivity index (χ4n) is 2.10. The minimum atomic E-state index is -0.402. The SMILES string of the molecule is CCOc1ccc(NC(=O)CSc2nc3nc(N)[nH]c(=O)c3[nH]2)cc1. The number of aromatic nitrogens is 4. The predicted octanol–water partition coefficient (Wildman–Crippen LogP) is 1.36. The molecule has 10 heteroatoms. The van der Waals surface area contributed by atoms with Gasteiger partial charge in [-0.1, -0.05) is 11.8 Å². The molecular formula is C15H16N6O3S. The maximum Gasteiger partial charge on any atom is 0.278 e. The van der Waals surface area contributed by atoms with Gasteiger partial charge in [0.1, 0.15) is 5.75 Å². The number of aromatic amines is 2. The van der Waals surface area contributed by atoms with E-state index in [0.29, 0.717) is 17.5 Å². The van der Waals surface area contributed by atoms with Gasteiger partial charge < -0.3 is 20.8 Å². The second-order valence-electron chi connectivity index (χ2n) is 4.99. The van der Waals surface area contributed by atoms with Crippen LogP contribution in [0.25, 0.3) is 11.2 Å². The smallest absolute Gasteiger partial charge is 0.278 e. The molecule has 0 unspecified atom stereocenters. The van der Waals surface area contributed by atoms with Crippen LogP contribution in [0.4, 0.5) is 11.6 Å². The van der Waals surface area contributed by atoms with Gasteiger partial charge in [0, 0.05) is 5.69 Å². The van der Waals surface area contributed by atoms with Crippen molar-refractivity contribution in [3.05, 3.63) is 34.6 Å². The van der Waals surface area contributed by atoms with Crippen LogP contribution >= 0.6 is 11.8 Å². The molecule has 0 saturated heterocycles. The van der Waals surface area contributed by atoms with Crippen molar-refractivity contribution in [1.29, 1.82) is 0 Å². The predicted molar refractivity (Wildman–Crippen MR) is 95.9 cm³/mol. The number of ether oxygens (including phenoxy) is 1. The topological polar surface area (TPSA) is 139 Å². The molecule has 5 N–H and O–H groups in total. The van der Waals surface area contributed by atoms with Gasteiger partial charge in [0.15, 0.2) is 16.3 Å². The lowest BCUT2D eigenvalue weighted by molar-refractivity contribution is -0.113. The van der Waals surface area contributed by atoms with Gasteiger partial charge in [0.25, 0.3) is 5.56 Å². The van der Waals surface area contributed by atoms with E-state index in [1.807, 2.05) is 6.92 Å². The Morgan fingerprint density at radius 2 is 2.04 bits per heavy atom. The normalized spacial score (nSPS) is 10.8. The van der Waals surface area contributed by atoms with Crippen molar-refractivity contribution < 1.29 is 9.53 Å². The molecule has 3 aromatic rings. The number of thioether (sulfide) groups is 1. The van der Waals surface area contributed by atoms with Crippen LogP contribution in [0.15, 0.2) is 34.2 Å². The summed E-state index contributed by atoms with van der Waals surface area (Å²) in [5.41, 5.74) is 6.18. The molecular weight excluding hydrogens is 344 g/mol. The van der Waals surface area contributed by atoms with Gasteiger partial charge in [0.05, 0.1) is 12.4 Å². The first-order chi connectivity index (χ1) is 12.0. The Morgan fingerprint density at radius 1 is 1.28 bits per heavy atom. The molecule has 0 radical (unpaired) electrons. The number of nitrogens with two attached hydrogens (primary N) is 1. The average Bonchev–Trinajstić information content (AvgIpc) is 2.98.